The van der Waals surface area contributed by atoms with Crippen molar-refractivity contribution in [3.05, 3.63) is 89.4 Å². The lowest BCUT2D eigenvalue weighted by Gasteiger charge is -2.36. The first kappa shape index (κ1) is 24.4. The molecule has 1 fully saturated rings. The van der Waals surface area contributed by atoms with E-state index in [-0.39, 0.29) is 36.2 Å². The summed E-state index contributed by atoms with van der Waals surface area (Å²) in [6.07, 6.45) is 11.5. The summed E-state index contributed by atoms with van der Waals surface area (Å²) in [5, 5.41) is 0. The second-order valence-electron chi connectivity index (χ2n) is 10.9. The van der Waals surface area contributed by atoms with E-state index >= 15 is 0 Å². The molecule has 0 N–H and O–H groups in total. The molecule has 6 heteroatoms. The molecule has 2 aromatic rings. The Hall–Kier alpha value is -3.35. The van der Waals surface area contributed by atoms with E-state index in [0.29, 0.717) is 36.3 Å². The molecular formula is C34H46N4O2. The summed E-state index contributed by atoms with van der Waals surface area (Å²) in [5.74, 6) is -0.167. The van der Waals surface area contributed by atoms with Gasteiger partial charge in [-0.15, -0.1) is 0 Å². The number of rotatable bonds is 11. The topological polar surface area (TPSA) is 39.3 Å². The van der Waals surface area contributed by atoms with Gasteiger partial charge in [-0.1, -0.05) is 54.9 Å². The fraction of sp³-hybridized carbons (Fsp3) is 0.441. The van der Waals surface area contributed by atoms with Gasteiger partial charge >= 0.3 is 5.97 Å². The predicted molar refractivity (Wildman–Crippen MR) is 168 cm³/mol. The highest BCUT2D eigenvalue weighted by molar-refractivity contribution is 5.86. The van der Waals surface area contributed by atoms with Gasteiger partial charge in [0.05, 0.1) is 12.6 Å². The lowest BCUT2D eigenvalue weighted by atomic mass is 9.90. The van der Waals surface area contributed by atoms with Crippen LogP contribution in [0.3, 0.4) is 0 Å². The largest absolute Gasteiger partial charge is 0.469 e. The number of hydrogen-bond acceptors (Lipinski definition) is 6. The van der Waals surface area contributed by atoms with Crippen molar-refractivity contribution in [3.63, 3.8) is 0 Å². The number of likely N-dealkylation sites (N-methyl/N-ethyl adjacent to an activating group) is 1. The zero-order valence-corrected chi connectivity index (χ0v) is 24.7. The first-order valence-corrected chi connectivity index (χ1v) is 14.2. The molecule has 1 saturated heterocycles. The lowest BCUT2D eigenvalue weighted by molar-refractivity contribution is -0.140. The first-order valence-electron chi connectivity index (χ1n) is 16.2. The molecule has 0 unspecified atom stereocenters. The normalized spacial score (nSPS) is 18.8. The highest BCUT2D eigenvalue weighted by atomic mass is 16.5. The quantitative estimate of drug-likeness (QED) is 0.275. The Labute approximate surface area is 246 Å². The number of methoxy groups -OCH3 is 1. The fourth-order valence-corrected chi connectivity index (χ4v) is 5.08. The molecule has 0 spiro atoms. The summed E-state index contributed by atoms with van der Waals surface area (Å²) >= 11 is 0. The van der Waals surface area contributed by atoms with Crippen molar-refractivity contribution >= 4 is 22.9 Å². The molecular weight excluding hydrogens is 496 g/mol. The molecule has 40 heavy (non-hydrogen) atoms. The minimum atomic E-state index is -0.167. The van der Waals surface area contributed by atoms with E-state index < -0.39 is 0 Å². The van der Waals surface area contributed by atoms with Gasteiger partial charge in [-0.25, -0.2) is 0 Å². The average Bonchev–Trinajstić information content (AvgIpc) is 3.02. The lowest BCUT2D eigenvalue weighted by Crippen LogP contribution is -2.46. The molecule has 1 aliphatic heterocycles. The zero-order valence-electron chi connectivity index (χ0n) is 28.7. The smallest absolute Gasteiger partial charge is 0.305 e. The molecule has 4 rings (SSSR count). The third-order valence-corrected chi connectivity index (χ3v) is 7.64. The van der Waals surface area contributed by atoms with Gasteiger partial charge in [0.25, 0.3) is 0 Å². The van der Waals surface area contributed by atoms with Crippen molar-refractivity contribution in [1.29, 1.82) is 0 Å². The van der Waals surface area contributed by atoms with Gasteiger partial charge in [0.2, 0.25) is 0 Å². The van der Waals surface area contributed by atoms with Crippen LogP contribution in [-0.4, -0.2) is 89.8 Å². The van der Waals surface area contributed by atoms with E-state index in [2.05, 4.69) is 22.0 Å². The number of hydrogen-bond donors (Lipinski definition) is 0. The molecule has 2 aromatic carbocycles. The number of unbranched alkanes of at least 4 members (excludes halogenated alkanes) is 2. The Morgan fingerprint density at radius 2 is 1.55 bits per heavy atom. The Morgan fingerprint density at radius 3 is 2.12 bits per heavy atom. The molecule has 0 amide bonds. The highest BCUT2D eigenvalue weighted by Crippen LogP contribution is 2.32. The number of piperazine rings is 1. The van der Waals surface area contributed by atoms with Crippen LogP contribution in [0.1, 0.15) is 42.3 Å². The Balaban J connectivity index is 1.61. The highest BCUT2D eigenvalue weighted by Gasteiger charge is 2.18. The van der Waals surface area contributed by atoms with Gasteiger partial charge in [-0.05, 0) is 80.0 Å². The van der Waals surface area contributed by atoms with Crippen LogP contribution in [0.4, 0.5) is 11.4 Å². The summed E-state index contributed by atoms with van der Waals surface area (Å²) < 4.78 is 41.2. The van der Waals surface area contributed by atoms with Gasteiger partial charge in [0, 0.05) is 64.1 Å². The number of allylic oxidation sites excluding steroid dienone is 3. The minimum absolute atomic E-state index is 0.00444. The summed E-state index contributed by atoms with van der Waals surface area (Å²) in [7, 11) is 9.42. The Bertz CT molecular complexity index is 1370. The molecule has 0 aromatic heterocycles. The number of anilines is 2. The van der Waals surface area contributed by atoms with Crippen LogP contribution in [0.5, 0.6) is 0 Å². The van der Waals surface area contributed by atoms with Crippen molar-refractivity contribution in [3.8, 4) is 0 Å². The van der Waals surface area contributed by atoms with Crippen molar-refractivity contribution < 1.29 is 15.0 Å². The van der Waals surface area contributed by atoms with Crippen molar-refractivity contribution in [2.24, 2.45) is 0 Å². The maximum atomic E-state index is 11.3. The number of esters is 1. The fourth-order valence-electron chi connectivity index (χ4n) is 5.08. The van der Waals surface area contributed by atoms with Crippen LogP contribution < -0.4 is 9.80 Å². The molecule has 0 bridgehead atoms. The standard InChI is InChI=1S/C34H46N4O2/c1-35(2)30-16-10-27(11-17-30)34(28-12-18-31(19-13-28)36(3)4)29-14-20-32(21-15-29)38-25-23-37(24-26-38)22-8-6-7-9-33(39)40-5/h10-21,30H,6-9,22-26H2,1-5H3/i14D,15D,20D,21D. The third kappa shape index (κ3) is 7.86. The molecule has 1 heterocycles. The summed E-state index contributed by atoms with van der Waals surface area (Å²) in [6, 6.07) is 8.09. The molecule has 0 atom stereocenters. The molecule has 0 radical (unpaired) electrons. The van der Waals surface area contributed by atoms with Crippen molar-refractivity contribution in [2.45, 2.75) is 31.7 Å². The van der Waals surface area contributed by atoms with E-state index in [1.54, 1.807) is 0 Å². The van der Waals surface area contributed by atoms with Gasteiger partial charge < -0.3 is 14.5 Å². The van der Waals surface area contributed by atoms with Crippen molar-refractivity contribution in [1.82, 2.24) is 9.80 Å². The van der Waals surface area contributed by atoms with Crippen LogP contribution in [0.15, 0.2) is 78.3 Å². The molecule has 0 saturated carbocycles. The number of ether oxygens (including phenoxy) is 1. The van der Waals surface area contributed by atoms with Gasteiger partial charge in [-0.3, -0.25) is 14.6 Å². The molecule has 6 nitrogen and oxygen atoms in total. The van der Waals surface area contributed by atoms with Gasteiger partial charge in [-0.2, -0.15) is 0 Å². The van der Waals surface area contributed by atoms with E-state index in [9.17, 15) is 4.79 Å². The van der Waals surface area contributed by atoms with E-state index in [4.69, 9.17) is 10.2 Å². The third-order valence-electron chi connectivity index (χ3n) is 7.64. The predicted octanol–water partition coefficient (Wildman–Crippen LogP) is 5.47. The maximum Gasteiger partial charge on any atom is 0.305 e. The van der Waals surface area contributed by atoms with Gasteiger partial charge in [0.15, 0.2) is 0 Å². The second-order valence-corrected chi connectivity index (χ2v) is 10.9. The Kier molecular flexibility index (Phi) is 8.76. The van der Waals surface area contributed by atoms with Crippen LogP contribution >= 0.6 is 0 Å². The maximum absolute atomic E-state index is 11.3. The SMILES string of the molecule is [2H]c1c([2H])c(N2CCN(CCCCCC(=O)OC)CC2)c([2H])c([2H])c1C(=C1C=CC(N(C)C)C=C1)c1ccc(N(C)C)cc1. The van der Waals surface area contributed by atoms with Crippen LogP contribution in [0.25, 0.3) is 5.57 Å². The van der Waals surface area contributed by atoms with Crippen LogP contribution in [0, 0.1) is 0 Å². The number of benzene rings is 2. The van der Waals surface area contributed by atoms with E-state index in [1.807, 2.05) is 74.4 Å². The van der Waals surface area contributed by atoms with Crippen molar-refractivity contribution in [2.75, 3.05) is 77.8 Å². The molecule has 1 aliphatic carbocycles. The number of carbonyl (C=O) groups is 1. The molecule has 2 aliphatic rings. The monoisotopic (exact) mass is 546 g/mol. The number of nitrogens with zero attached hydrogens (tertiary/aromatic N) is 4. The second kappa shape index (κ2) is 14.3. The van der Waals surface area contributed by atoms with Gasteiger partial charge in [0.1, 0.15) is 0 Å². The Morgan fingerprint density at radius 1 is 0.900 bits per heavy atom. The summed E-state index contributed by atoms with van der Waals surface area (Å²) in [5.41, 5.74) is 4.12. The number of carbonyl (C=O) groups excluding carboxylic acids is 1. The minimum Gasteiger partial charge on any atom is -0.469 e. The summed E-state index contributed by atoms with van der Waals surface area (Å²) in [6.45, 7) is 3.77. The zero-order chi connectivity index (χ0) is 32.0. The summed E-state index contributed by atoms with van der Waals surface area (Å²) in [4.78, 5) is 19.8. The van der Waals surface area contributed by atoms with Crippen LogP contribution in [-0.2, 0) is 9.53 Å². The first-order chi connectivity index (χ1) is 21.0. The average molecular weight is 547 g/mol. The molecule has 214 valence electrons. The van der Waals surface area contributed by atoms with Crippen LogP contribution in [0.2, 0.25) is 0 Å². The van der Waals surface area contributed by atoms with E-state index in [1.165, 1.54) is 7.11 Å². The van der Waals surface area contributed by atoms with E-state index in [0.717, 1.165) is 55.7 Å².